The van der Waals surface area contributed by atoms with Gasteiger partial charge in [-0.25, -0.2) is 0 Å². The van der Waals surface area contributed by atoms with Crippen molar-refractivity contribution in [3.8, 4) is 0 Å². The third kappa shape index (κ3) is 3.10. The van der Waals surface area contributed by atoms with E-state index in [0.717, 1.165) is 30.8 Å². The monoisotopic (exact) mass is 253 g/mol. The van der Waals surface area contributed by atoms with Crippen LogP contribution in [0.15, 0.2) is 23.1 Å². The van der Waals surface area contributed by atoms with Crippen molar-refractivity contribution in [2.24, 2.45) is 0 Å². The molecule has 1 aromatic rings. The highest BCUT2D eigenvalue weighted by Gasteiger charge is 2.18. The zero-order chi connectivity index (χ0) is 12.3. The van der Waals surface area contributed by atoms with Crippen LogP contribution in [0.3, 0.4) is 0 Å². The Morgan fingerprint density at radius 1 is 1.41 bits per heavy atom. The van der Waals surface area contributed by atoms with Crippen LogP contribution in [0.5, 0.6) is 0 Å². The molecule has 2 N–H and O–H groups in total. The SMILES string of the molecule is O=[N+]([O-])c1ccc(S)cc1NC1CCNCC1. The highest BCUT2D eigenvalue weighted by molar-refractivity contribution is 7.80. The summed E-state index contributed by atoms with van der Waals surface area (Å²) in [4.78, 5) is 11.3. The maximum absolute atomic E-state index is 10.9. The Hall–Kier alpha value is -1.27. The number of nitro benzene ring substituents is 1. The van der Waals surface area contributed by atoms with E-state index in [-0.39, 0.29) is 10.6 Å². The van der Waals surface area contributed by atoms with Gasteiger partial charge in [0.15, 0.2) is 0 Å². The molecule has 17 heavy (non-hydrogen) atoms. The third-order valence-corrected chi connectivity index (χ3v) is 3.15. The smallest absolute Gasteiger partial charge is 0.292 e. The second kappa shape index (κ2) is 5.37. The summed E-state index contributed by atoms with van der Waals surface area (Å²) < 4.78 is 0. The van der Waals surface area contributed by atoms with Gasteiger partial charge in [0, 0.05) is 17.0 Å². The fourth-order valence-electron chi connectivity index (χ4n) is 1.99. The lowest BCUT2D eigenvalue weighted by Gasteiger charge is -2.24. The van der Waals surface area contributed by atoms with Gasteiger partial charge in [-0.1, -0.05) is 0 Å². The Kier molecular flexibility index (Phi) is 3.86. The van der Waals surface area contributed by atoms with Crippen LogP contribution in [0.2, 0.25) is 0 Å². The van der Waals surface area contributed by atoms with E-state index in [0.29, 0.717) is 11.7 Å². The lowest BCUT2D eigenvalue weighted by Crippen LogP contribution is -2.35. The summed E-state index contributed by atoms with van der Waals surface area (Å²) in [5, 5.41) is 17.4. The van der Waals surface area contributed by atoms with E-state index in [4.69, 9.17) is 0 Å². The molecular formula is C11H15N3O2S. The van der Waals surface area contributed by atoms with E-state index < -0.39 is 0 Å². The van der Waals surface area contributed by atoms with Crippen LogP contribution in [0.1, 0.15) is 12.8 Å². The van der Waals surface area contributed by atoms with Gasteiger partial charge in [-0.15, -0.1) is 12.6 Å². The summed E-state index contributed by atoms with van der Waals surface area (Å²) in [5.74, 6) is 0. The van der Waals surface area contributed by atoms with Crippen LogP contribution >= 0.6 is 12.6 Å². The van der Waals surface area contributed by atoms with Gasteiger partial charge in [-0.3, -0.25) is 10.1 Å². The summed E-state index contributed by atoms with van der Waals surface area (Å²) in [7, 11) is 0. The molecule has 0 bridgehead atoms. The summed E-state index contributed by atoms with van der Waals surface area (Å²) in [6.45, 7) is 1.90. The number of piperidine rings is 1. The molecule has 0 radical (unpaired) electrons. The number of anilines is 1. The molecule has 1 fully saturated rings. The number of rotatable bonds is 3. The molecule has 6 heteroatoms. The second-order valence-electron chi connectivity index (χ2n) is 4.13. The molecule has 0 saturated carbocycles. The van der Waals surface area contributed by atoms with Crippen molar-refractivity contribution in [3.05, 3.63) is 28.3 Å². The van der Waals surface area contributed by atoms with Crippen LogP contribution in [0.4, 0.5) is 11.4 Å². The van der Waals surface area contributed by atoms with Crippen molar-refractivity contribution in [3.63, 3.8) is 0 Å². The van der Waals surface area contributed by atoms with Gasteiger partial charge in [0.2, 0.25) is 0 Å². The fraction of sp³-hybridized carbons (Fsp3) is 0.455. The van der Waals surface area contributed by atoms with Crippen molar-refractivity contribution in [2.75, 3.05) is 18.4 Å². The number of thiol groups is 1. The number of nitrogens with one attached hydrogen (secondary N) is 2. The van der Waals surface area contributed by atoms with Gasteiger partial charge in [-0.2, -0.15) is 0 Å². The van der Waals surface area contributed by atoms with E-state index in [1.54, 1.807) is 12.1 Å². The third-order valence-electron chi connectivity index (χ3n) is 2.88. The summed E-state index contributed by atoms with van der Waals surface area (Å²) in [6.07, 6.45) is 1.96. The molecule has 0 aromatic heterocycles. The largest absolute Gasteiger partial charge is 0.377 e. The first-order valence-electron chi connectivity index (χ1n) is 5.61. The second-order valence-corrected chi connectivity index (χ2v) is 4.64. The molecule has 0 amide bonds. The van der Waals surface area contributed by atoms with Crippen molar-refractivity contribution in [1.82, 2.24) is 5.32 Å². The Morgan fingerprint density at radius 3 is 2.76 bits per heavy atom. The van der Waals surface area contributed by atoms with E-state index in [2.05, 4.69) is 23.3 Å². The highest BCUT2D eigenvalue weighted by Crippen LogP contribution is 2.28. The number of hydrogen-bond donors (Lipinski definition) is 3. The molecule has 92 valence electrons. The van der Waals surface area contributed by atoms with Crippen molar-refractivity contribution in [1.29, 1.82) is 0 Å². The zero-order valence-electron chi connectivity index (χ0n) is 9.35. The Balaban J connectivity index is 2.17. The Morgan fingerprint density at radius 2 is 2.12 bits per heavy atom. The van der Waals surface area contributed by atoms with Crippen LogP contribution in [0, 0.1) is 10.1 Å². The van der Waals surface area contributed by atoms with Gasteiger partial charge in [-0.05, 0) is 38.1 Å². The van der Waals surface area contributed by atoms with Crippen molar-refractivity contribution in [2.45, 2.75) is 23.8 Å². The van der Waals surface area contributed by atoms with E-state index in [9.17, 15) is 10.1 Å². The van der Waals surface area contributed by atoms with Crippen LogP contribution in [-0.4, -0.2) is 24.1 Å². The molecular weight excluding hydrogens is 238 g/mol. The Labute approximate surface area is 105 Å². The maximum atomic E-state index is 10.9. The lowest BCUT2D eigenvalue weighted by molar-refractivity contribution is -0.384. The first-order chi connectivity index (χ1) is 8.16. The number of benzene rings is 1. The predicted molar refractivity (Wildman–Crippen MR) is 69.9 cm³/mol. The number of hydrogen-bond acceptors (Lipinski definition) is 5. The molecule has 1 aromatic carbocycles. The van der Waals surface area contributed by atoms with E-state index in [1.807, 2.05) is 0 Å². The maximum Gasteiger partial charge on any atom is 0.292 e. The first-order valence-corrected chi connectivity index (χ1v) is 6.06. The van der Waals surface area contributed by atoms with Gasteiger partial charge in [0.05, 0.1) is 4.92 Å². The fourth-order valence-corrected chi connectivity index (χ4v) is 2.19. The predicted octanol–water partition coefficient (Wildman–Crippen LogP) is 2.05. The van der Waals surface area contributed by atoms with Crippen LogP contribution in [-0.2, 0) is 0 Å². The highest BCUT2D eigenvalue weighted by atomic mass is 32.1. The standard InChI is InChI=1S/C11H15N3O2S/c15-14(16)11-2-1-9(17)7-10(11)13-8-3-5-12-6-4-8/h1-2,7-8,12-13,17H,3-6H2. The van der Waals surface area contributed by atoms with Crippen molar-refractivity contribution >= 4 is 24.0 Å². The minimum atomic E-state index is -0.364. The number of nitrogens with zero attached hydrogens (tertiary/aromatic N) is 1. The zero-order valence-corrected chi connectivity index (χ0v) is 10.2. The minimum Gasteiger partial charge on any atom is -0.377 e. The van der Waals surface area contributed by atoms with Crippen LogP contribution in [0.25, 0.3) is 0 Å². The first kappa shape index (κ1) is 12.2. The molecule has 5 nitrogen and oxygen atoms in total. The molecule has 0 unspecified atom stereocenters. The average Bonchev–Trinajstić information content (AvgIpc) is 2.30. The normalized spacial score (nSPS) is 16.8. The Bertz CT molecular complexity index is 419. The summed E-state index contributed by atoms with van der Waals surface area (Å²) in [5.41, 5.74) is 0.677. The van der Waals surface area contributed by atoms with Gasteiger partial charge in [0.1, 0.15) is 5.69 Å². The quantitative estimate of drug-likeness (QED) is 0.438. The van der Waals surface area contributed by atoms with E-state index in [1.165, 1.54) is 6.07 Å². The molecule has 0 aliphatic carbocycles. The number of nitro groups is 1. The van der Waals surface area contributed by atoms with Crippen molar-refractivity contribution < 1.29 is 4.92 Å². The molecule has 0 spiro atoms. The van der Waals surface area contributed by atoms with Gasteiger partial charge in [0.25, 0.3) is 5.69 Å². The summed E-state index contributed by atoms with van der Waals surface area (Å²) in [6, 6.07) is 5.13. The molecule has 2 rings (SSSR count). The molecule has 1 heterocycles. The topological polar surface area (TPSA) is 67.2 Å². The molecule has 1 aliphatic rings. The van der Waals surface area contributed by atoms with Gasteiger partial charge >= 0.3 is 0 Å². The van der Waals surface area contributed by atoms with Gasteiger partial charge < -0.3 is 10.6 Å². The van der Waals surface area contributed by atoms with E-state index >= 15 is 0 Å². The molecule has 1 saturated heterocycles. The minimum absolute atomic E-state index is 0.112. The average molecular weight is 253 g/mol. The molecule has 0 atom stereocenters. The summed E-state index contributed by atoms with van der Waals surface area (Å²) >= 11 is 4.21. The van der Waals surface area contributed by atoms with Crippen LogP contribution < -0.4 is 10.6 Å². The molecule has 1 aliphatic heterocycles. The lowest BCUT2D eigenvalue weighted by atomic mass is 10.1.